The summed E-state index contributed by atoms with van der Waals surface area (Å²) in [5.41, 5.74) is 2.50. The van der Waals surface area contributed by atoms with Gasteiger partial charge in [-0.2, -0.15) is 4.72 Å². The summed E-state index contributed by atoms with van der Waals surface area (Å²) < 4.78 is 35.0. The van der Waals surface area contributed by atoms with Gasteiger partial charge in [-0.25, -0.2) is 8.42 Å². The number of rotatable bonds is 19. The topological polar surface area (TPSA) is 110 Å². The first-order valence-electron chi connectivity index (χ1n) is 16.0. The van der Waals surface area contributed by atoms with Crippen LogP contribution in [-0.2, 0) is 19.6 Å². The fourth-order valence-electron chi connectivity index (χ4n) is 5.70. The Bertz CT molecular complexity index is 1490. The molecule has 0 fully saturated rings. The first-order chi connectivity index (χ1) is 21.3. The average Bonchev–Trinajstić information content (AvgIpc) is 3.33. The third kappa shape index (κ3) is 8.87. The van der Waals surface area contributed by atoms with Crippen LogP contribution >= 0.6 is 0 Å². The standard InChI is InChI=1S/C36H45NO6S/c1-2-3-4-5-6-7-8-9-10-11-12-18-25-43-36(40)33(34(38)27-19-14-13-15-20-27)37-44(41,42)28-23-24-31-32(26-28)29-21-16-17-22-30(29)35(31)39/h13-17,19-24,26,33-34,37-38H,2-12,18,25H2,1H3/t33-,34+/m0/s1. The van der Waals surface area contributed by atoms with Crippen molar-refractivity contribution in [3.05, 3.63) is 89.5 Å². The number of fused-ring (bicyclic) bond motifs is 3. The minimum absolute atomic E-state index is 0.111. The Morgan fingerprint density at radius 1 is 0.727 bits per heavy atom. The van der Waals surface area contributed by atoms with E-state index < -0.39 is 28.1 Å². The normalized spacial score (nSPS) is 13.7. The van der Waals surface area contributed by atoms with Crippen molar-refractivity contribution in [2.45, 2.75) is 101 Å². The van der Waals surface area contributed by atoms with Gasteiger partial charge in [0, 0.05) is 11.1 Å². The second kappa shape index (κ2) is 16.7. The van der Waals surface area contributed by atoms with E-state index in [1.54, 1.807) is 54.6 Å². The monoisotopic (exact) mass is 619 g/mol. The summed E-state index contributed by atoms with van der Waals surface area (Å²) in [5.74, 6) is -0.999. The molecule has 3 aromatic carbocycles. The van der Waals surface area contributed by atoms with Gasteiger partial charge in [-0.3, -0.25) is 9.59 Å². The summed E-state index contributed by atoms with van der Waals surface area (Å²) >= 11 is 0. The largest absolute Gasteiger partial charge is 0.464 e. The van der Waals surface area contributed by atoms with Crippen LogP contribution in [0.25, 0.3) is 11.1 Å². The molecular formula is C36H45NO6S. The van der Waals surface area contributed by atoms with E-state index in [1.165, 1.54) is 69.6 Å². The van der Waals surface area contributed by atoms with Crippen LogP contribution in [0.4, 0.5) is 0 Å². The first-order valence-corrected chi connectivity index (χ1v) is 17.5. The molecule has 8 heteroatoms. The van der Waals surface area contributed by atoms with Crippen LogP contribution in [0, 0.1) is 0 Å². The van der Waals surface area contributed by atoms with Crippen molar-refractivity contribution < 1.29 is 27.9 Å². The second-order valence-corrected chi connectivity index (χ2v) is 13.3. The molecule has 0 amide bonds. The number of hydrogen-bond acceptors (Lipinski definition) is 6. The van der Waals surface area contributed by atoms with E-state index in [0.717, 1.165) is 19.3 Å². The minimum atomic E-state index is -4.28. The highest BCUT2D eigenvalue weighted by Crippen LogP contribution is 2.37. The molecule has 0 radical (unpaired) electrons. The summed E-state index contributed by atoms with van der Waals surface area (Å²) in [6.45, 7) is 2.38. The van der Waals surface area contributed by atoms with Gasteiger partial charge in [-0.1, -0.05) is 132 Å². The number of aliphatic hydroxyl groups excluding tert-OH is 1. The number of esters is 1. The van der Waals surface area contributed by atoms with Crippen molar-refractivity contribution >= 4 is 21.8 Å². The van der Waals surface area contributed by atoms with E-state index in [0.29, 0.717) is 34.2 Å². The summed E-state index contributed by atoms with van der Waals surface area (Å²) in [6, 6.07) is 18.2. The number of sulfonamides is 1. The summed E-state index contributed by atoms with van der Waals surface area (Å²) in [6.07, 6.45) is 12.7. The lowest BCUT2D eigenvalue weighted by atomic mass is 10.0. The number of aliphatic hydroxyl groups is 1. The zero-order valence-corrected chi connectivity index (χ0v) is 26.5. The lowest BCUT2D eigenvalue weighted by molar-refractivity contribution is -0.148. The molecule has 7 nitrogen and oxygen atoms in total. The molecule has 0 spiro atoms. The minimum Gasteiger partial charge on any atom is -0.464 e. The maximum atomic E-state index is 13.6. The molecular weight excluding hydrogens is 574 g/mol. The van der Waals surface area contributed by atoms with Crippen molar-refractivity contribution in [3.8, 4) is 11.1 Å². The van der Waals surface area contributed by atoms with Crippen LogP contribution in [0.2, 0.25) is 0 Å². The summed E-state index contributed by atoms with van der Waals surface area (Å²) in [4.78, 5) is 25.9. The van der Waals surface area contributed by atoms with Crippen molar-refractivity contribution in [3.63, 3.8) is 0 Å². The molecule has 236 valence electrons. The van der Waals surface area contributed by atoms with E-state index in [2.05, 4.69) is 11.6 Å². The molecule has 2 N–H and O–H groups in total. The Morgan fingerprint density at radius 3 is 1.91 bits per heavy atom. The predicted molar refractivity (Wildman–Crippen MR) is 173 cm³/mol. The molecule has 3 aromatic rings. The summed E-state index contributed by atoms with van der Waals surface area (Å²) in [7, 11) is -4.28. The molecule has 1 aliphatic rings. The van der Waals surface area contributed by atoms with E-state index in [4.69, 9.17) is 4.74 Å². The number of hydrogen-bond donors (Lipinski definition) is 2. The molecule has 44 heavy (non-hydrogen) atoms. The highest BCUT2D eigenvalue weighted by atomic mass is 32.2. The maximum Gasteiger partial charge on any atom is 0.327 e. The van der Waals surface area contributed by atoms with Gasteiger partial charge in [0.2, 0.25) is 10.0 Å². The lowest BCUT2D eigenvalue weighted by Gasteiger charge is -2.23. The van der Waals surface area contributed by atoms with Crippen molar-refractivity contribution in [2.75, 3.05) is 6.61 Å². The van der Waals surface area contributed by atoms with Crippen LogP contribution in [-0.4, -0.2) is 37.9 Å². The van der Waals surface area contributed by atoms with Crippen molar-refractivity contribution in [1.82, 2.24) is 4.72 Å². The van der Waals surface area contributed by atoms with Gasteiger partial charge < -0.3 is 9.84 Å². The van der Waals surface area contributed by atoms with Gasteiger partial charge in [-0.15, -0.1) is 0 Å². The zero-order valence-electron chi connectivity index (χ0n) is 25.7. The van der Waals surface area contributed by atoms with Gasteiger partial charge in [0.1, 0.15) is 12.1 Å². The Balaban J connectivity index is 1.34. The number of ether oxygens (including phenoxy) is 1. The van der Waals surface area contributed by atoms with Gasteiger partial charge in [0.15, 0.2) is 5.78 Å². The van der Waals surface area contributed by atoms with Crippen LogP contribution in [0.15, 0.2) is 77.7 Å². The van der Waals surface area contributed by atoms with Crippen molar-refractivity contribution in [1.29, 1.82) is 0 Å². The summed E-state index contributed by atoms with van der Waals surface area (Å²) in [5, 5.41) is 11.1. The molecule has 0 bridgehead atoms. The third-order valence-corrected chi connectivity index (χ3v) is 9.68. The second-order valence-electron chi connectivity index (χ2n) is 11.6. The maximum absolute atomic E-state index is 13.6. The molecule has 0 heterocycles. The van der Waals surface area contributed by atoms with Crippen LogP contribution in [0.5, 0.6) is 0 Å². The highest BCUT2D eigenvalue weighted by molar-refractivity contribution is 7.89. The molecule has 2 atom stereocenters. The number of carbonyl (C=O) groups is 2. The highest BCUT2D eigenvalue weighted by Gasteiger charge is 2.35. The van der Waals surface area contributed by atoms with Crippen molar-refractivity contribution in [2.24, 2.45) is 0 Å². The first kappa shape index (κ1) is 33.6. The third-order valence-electron chi connectivity index (χ3n) is 8.24. The van der Waals surface area contributed by atoms with E-state index in [-0.39, 0.29) is 17.3 Å². The lowest BCUT2D eigenvalue weighted by Crippen LogP contribution is -2.46. The molecule has 0 aromatic heterocycles. The molecule has 4 rings (SSSR count). The van der Waals surface area contributed by atoms with E-state index in [9.17, 15) is 23.1 Å². The fraction of sp³-hybridized carbons (Fsp3) is 0.444. The molecule has 0 unspecified atom stereocenters. The SMILES string of the molecule is CCCCCCCCCCCCCCOC(=O)[C@@H](NS(=O)(=O)c1ccc2c(c1)-c1ccccc1C2=O)[C@H](O)c1ccccc1. The number of unbranched alkanes of at least 4 members (excludes halogenated alkanes) is 11. The number of nitrogens with one attached hydrogen (secondary N) is 1. The van der Waals surface area contributed by atoms with E-state index in [1.807, 2.05) is 0 Å². The predicted octanol–water partition coefficient (Wildman–Crippen LogP) is 7.52. The van der Waals surface area contributed by atoms with Crippen LogP contribution in [0.1, 0.15) is 112 Å². The van der Waals surface area contributed by atoms with Crippen LogP contribution in [0.3, 0.4) is 0 Å². The van der Waals surface area contributed by atoms with Gasteiger partial charge in [-0.05, 0) is 41.3 Å². The molecule has 0 aliphatic heterocycles. The van der Waals surface area contributed by atoms with Gasteiger partial charge >= 0.3 is 5.97 Å². The van der Waals surface area contributed by atoms with Gasteiger partial charge in [0.25, 0.3) is 0 Å². The Kier molecular flexibility index (Phi) is 12.7. The smallest absolute Gasteiger partial charge is 0.327 e. The number of benzene rings is 3. The van der Waals surface area contributed by atoms with Gasteiger partial charge in [0.05, 0.1) is 11.5 Å². The quantitative estimate of drug-likeness (QED) is 0.0830. The number of carbonyl (C=O) groups excluding carboxylic acids is 2. The Morgan fingerprint density at radius 2 is 1.27 bits per heavy atom. The molecule has 0 saturated carbocycles. The fourth-order valence-corrected chi connectivity index (χ4v) is 6.91. The van der Waals surface area contributed by atoms with E-state index >= 15 is 0 Å². The number of ketones is 1. The Labute approximate surface area is 262 Å². The molecule has 0 saturated heterocycles. The molecule has 1 aliphatic carbocycles. The Hall–Kier alpha value is -3.33. The van der Waals surface area contributed by atoms with Crippen LogP contribution < -0.4 is 4.72 Å². The zero-order chi connectivity index (χ0) is 31.4. The average molecular weight is 620 g/mol.